The lowest BCUT2D eigenvalue weighted by atomic mass is 10.0. The van der Waals surface area contributed by atoms with E-state index in [1.54, 1.807) is 23.5 Å². The molecule has 1 fully saturated rings. The molecule has 3 rings (SSSR count). The van der Waals surface area contributed by atoms with Gasteiger partial charge in [0.1, 0.15) is 5.01 Å². The van der Waals surface area contributed by atoms with Crippen LogP contribution in [0.1, 0.15) is 41.6 Å². The van der Waals surface area contributed by atoms with E-state index in [0.717, 1.165) is 42.1 Å². The number of benzene rings is 1. The number of aromatic nitrogens is 1. The summed E-state index contributed by atoms with van der Waals surface area (Å²) in [4.78, 5) is 19.4. The Hall–Kier alpha value is -1.10. The second-order valence-electron chi connectivity index (χ2n) is 5.84. The number of thiazole rings is 1. The molecule has 0 radical (unpaired) electrons. The van der Waals surface area contributed by atoms with Gasteiger partial charge in [-0.15, -0.1) is 11.3 Å². The van der Waals surface area contributed by atoms with Crippen LogP contribution in [0.4, 0.5) is 0 Å². The SMILES string of the molecule is Cc1csc([C@H]2CCCCN2C(=O)Cc2ccc(Cl)cc2Cl)n1. The molecule has 6 heteroatoms. The van der Waals surface area contributed by atoms with Gasteiger partial charge in [-0.1, -0.05) is 29.3 Å². The van der Waals surface area contributed by atoms with Crippen LogP contribution in [0.25, 0.3) is 0 Å². The topological polar surface area (TPSA) is 33.2 Å². The highest BCUT2D eigenvalue weighted by Gasteiger charge is 2.30. The highest BCUT2D eigenvalue weighted by atomic mass is 35.5. The van der Waals surface area contributed by atoms with Gasteiger partial charge in [-0.25, -0.2) is 4.98 Å². The van der Waals surface area contributed by atoms with E-state index in [9.17, 15) is 4.79 Å². The normalized spacial score (nSPS) is 18.2. The third-order valence-electron chi connectivity index (χ3n) is 4.10. The number of nitrogens with zero attached hydrogens (tertiary/aromatic N) is 2. The summed E-state index contributed by atoms with van der Waals surface area (Å²) in [5.74, 6) is 0.103. The number of halogens is 2. The molecule has 1 aliphatic rings. The molecular weight excluding hydrogens is 351 g/mol. The summed E-state index contributed by atoms with van der Waals surface area (Å²) < 4.78 is 0. The number of hydrogen-bond acceptors (Lipinski definition) is 3. The molecule has 2 heterocycles. The van der Waals surface area contributed by atoms with Gasteiger partial charge in [-0.3, -0.25) is 4.79 Å². The average Bonchev–Trinajstić information content (AvgIpc) is 2.96. The molecule has 0 spiro atoms. The Kier molecular flexibility index (Phi) is 5.24. The van der Waals surface area contributed by atoms with Crippen LogP contribution in [0, 0.1) is 6.92 Å². The van der Waals surface area contributed by atoms with Crippen molar-refractivity contribution in [2.75, 3.05) is 6.54 Å². The molecule has 1 aliphatic heterocycles. The Labute approximate surface area is 150 Å². The molecule has 122 valence electrons. The maximum Gasteiger partial charge on any atom is 0.227 e. The Morgan fingerprint density at radius 1 is 1.39 bits per heavy atom. The van der Waals surface area contributed by atoms with Gasteiger partial charge in [0.15, 0.2) is 0 Å². The third kappa shape index (κ3) is 3.87. The molecule has 1 atom stereocenters. The van der Waals surface area contributed by atoms with Crippen molar-refractivity contribution < 1.29 is 4.79 Å². The lowest BCUT2D eigenvalue weighted by molar-refractivity contribution is -0.134. The largest absolute Gasteiger partial charge is 0.333 e. The van der Waals surface area contributed by atoms with E-state index < -0.39 is 0 Å². The molecule has 0 aliphatic carbocycles. The van der Waals surface area contributed by atoms with E-state index in [1.807, 2.05) is 23.3 Å². The van der Waals surface area contributed by atoms with Crippen LogP contribution in [-0.2, 0) is 11.2 Å². The van der Waals surface area contributed by atoms with Crippen LogP contribution in [0.15, 0.2) is 23.6 Å². The molecule has 1 aromatic carbocycles. The van der Waals surface area contributed by atoms with Crippen molar-refractivity contribution >= 4 is 40.4 Å². The minimum absolute atomic E-state index is 0.0982. The van der Waals surface area contributed by atoms with Gasteiger partial charge >= 0.3 is 0 Å². The number of likely N-dealkylation sites (tertiary alicyclic amines) is 1. The fourth-order valence-electron chi connectivity index (χ4n) is 2.94. The van der Waals surface area contributed by atoms with E-state index in [-0.39, 0.29) is 11.9 Å². The van der Waals surface area contributed by atoms with Crippen LogP contribution in [0.2, 0.25) is 10.0 Å². The Morgan fingerprint density at radius 3 is 2.91 bits per heavy atom. The smallest absolute Gasteiger partial charge is 0.227 e. The molecule has 3 nitrogen and oxygen atoms in total. The lowest BCUT2D eigenvalue weighted by Crippen LogP contribution is -2.39. The first-order valence-corrected chi connectivity index (χ1v) is 9.33. The van der Waals surface area contributed by atoms with E-state index in [4.69, 9.17) is 23.2 Å². The molecule has 1 aromatic heterocycles. The first-order valence-electron chi connectivity index (χ1n) is 7.70. The Bertz CT molecular complexity index is 716. The third-order valence-corrected chi connectivity index (χ3v) is 5.75. The first-order chi connectivity index (χ1) is 11.0. The van der Waals surface area contributed by atoms with Crippen LogP contribution >= 0.6 is 34.5 Å². The van der Waals surface area contributed by atoms with Crippen molar-refractivity contribution in [1.82, 2.24) is 9.88 Å². The summed E-state index contributed by atoms with van der Waals surface area (Å²) >= 11 is 13.8. The molecule has 2 aromatic rings. The highest BCUT2D eigenvalue weighted by molar-refractivity contribution is 7.09. The molecular formula is C17H18Cl2N2OS. The van der Waals surface area contributed by atoms with Crippen LogP contribution in [0.3, 0.4) is 0 Å². The molecule has 1 saturated heterocycles. The van der Waals surface area contributed by atoms with Crippen LogP contribution in [-0.4, -0.2) is 22.3 Å². The first kappa shape index (κ1) is 16.7. The maximum atomic E-state index is 12.8. The zero-order valence-electron chi connectivity index (χ0n) is 12.9. The number of rotatable bonds is 3. The summed E-state index contributed by atoms with van der Waals surface area (Å²) in [6.07, 6.45) is 3.46. The van der Waals surface area contributed by atoms with Crippen LogP contribution < -0.4 is 0 Å². The molecule has 0 bridgehead atoms. The maximum absolute atomic E-state index is 12.8. The van der Waals surface area contributed by atoms with Crippen molar-refractivity contribution in [3.8, 4) is 0 Å². The predicted octanol–water partition coefficient (Wildman–Crippen LogP) is 5.05. The van der Waals surface area contributed by atoms with Gasteiger partial charge in [0.25, 0.3) is 0 Å². The van der Waals surface area contributed by atoms with E-state index in [2.05, 4.69) is 4.98 Å². The van der Waals surface area contributed by atoms with Crippen molar-refractivity contribution in [3.63, 3.8) is 0 Å². The van der Waals surface area contributed by atoms with Gasteiger partial charge in [0.05, 0.1) is 12.5 Å². The summed E-state index contributed by atoms with van der Waals surface area (Å²) in [5, 5.41) is 4.21. The van der Waals surface area contributed by atoms with Crippen molar-refractivity contribution in [2.24, 2.45) is 0 Å². The fourth-order valence-corrected chi connectivity index (χ4v) is 4.36. The number of aryl methyl sites for hydroxylation is 1. The van der Waals surface area contributed by atoms with E-state index in [1.165, 1.54) is 0 Å². The van der Waals surface area contributed by atoms with Crippen molar-refractivity contribution in [2.45, 2.75) is 38.6 Å². The minimum atomic E-state index is 0.0982. The molecule has 1 amide bonds. The quantitative estimate of drug-likeness (QED) is 0.758. The lowest BCUT2D eigenvalue weighted by Gasteiger charge is -2.34. The average molecular weight is 369 g/mol. The second kappa shape index (κ2) is 7.20. The monoisotopic (exact) mass is 368 g/mol. The molecule has 0 saturated carbocycles. The summed E-state index contributed by atoms with van der Waals surface area (Å²) in [6, 6.07) is 5.38. The number of carbonyl (C=O) groups excluding carboxylic acids is 1. The van der Waals surface area contributed by atoms with Gasteiger partial charge in [-0.2, -0.15) is 0 Å². The summed E-state index contributed by atoms with van der Waals surface area (Å²) in [6.45, 7) is 2.77. The number of piperidine rings is 1. The van der Waals surface area contributed by atoms with Gasteiger partial charge in [-0.05, 0) is 43.9 Å². The number of carbonyl (C=O) groups is 1. The minimum Gasteiger partial charge on any atom is -0.333 e. The van der Waals surface area contributed by atoms with Gasteiger partial charge in [0, 0.05) is 27.7 Å². The molecule has 0 N–H and O–H groups in total. The number of hydrogen-bond donors (Lipinski definition) is 0. The van der Waals surface area contributed by atoms with E-state index in [0.29, 0.717) is 16.5 Å². The number of amides is 1. The van der Waals surface area contributed by atoms with Crippen LogP contribution in [0.5, 0.6) is 0 Å². The van der Waals surface area contributed by atoms with Crippen molar-refractivity contribution in [3.05, 3.63) is 49.9 Å². The van der Waals surface area contributed by atoms with Gasteiger partial charge in [0.2, 0.25) is 5.91 Å². The fraction of sp³-hybridized carbons (Fsp3) is 0.412. The molecule has 0 unspecified atom stereocenters. The zero-order valence-corrected chi connectivity index (χ0v) is 15.2. The standard InChI is InChI=1S/C17H18Cl2N2OS/c1-11-10-23-17(20-11)15-4-2-3-7-21(15)16(22)8-12-5-6-13(18)9-14(12)19/h5-6,9-10,15H,2-4,7-8H2,1H3/t15-/m1/s1. The molecule has 23 heavy (non-hydrogen) atoms. The van der Waals surface area contributed by atoms with Crippen molar-refractivity contribution in [1.29, 1.82) is 0 Å². The second-order valence-corrected chi connectivity index (χ2v) is 7.57. The summed E-state index contributed by atoms with van der Waals surface area (Å²) in [7, 11) is 0. The zero-order chi connectivity index (χ0) is 16.4. The summed E-state index contributed by atoms with van der Waals surface area (Å²) in [5.41, 5.74) is 1.84. The Balaban J connectivity index is 1.78. The van der Waals surface area contributed by atoms with E-state index >= 15 is 0 Å². The Morgan fingerprint density at radius 2 is 2.22 bits per heavy atom. The highest BCUT2D eigenvalue weighted by Crippen LogP contribution is 2.33. The van der Waals surface area contributed by atoms with Gasteiger partial charge < -0.3 is 4.90 Å². The predicted molar refractivity (Wildman–Crippen MR) is 95.3 cm³/mol.